The quantitative estimate of drug-likeness (QED) is 0.857. The molecule has 3 atom stereocenters. The van der Waals surface area contributed by atoms with E-state index in [1.165, 1.54) is 32.1 Å². The molecule has 0 heterocycles. The zero-order chi connectivity index (χ0) is 12.8. The number of nitrogens with two attached hydrogens (primary N) is 1. The molecular weight excluding hydrogens is 218 g/mol. The highest BCUT2D eigenvalue weighted by molar-refractivity contribution is 5.39. The van der Waals surface area contributed by atoms with Gasteiger partial charge < -0.3 is 5.73 Å². The van der Waals surface area contributed by atoms with Crippen LogP contribution in [-0.4, -0.2) is 6.04 Å². The zero-order valence-corrected chi connectivity index (χ0v) is 11.7. The van der Waals surface area contributed by atoms with Crippen molar-refractivity contribution in [3.05, 3.63) is 35.4 Å². The van der Waals surface area contributed by atoms with Gasteiger partial charge >= 0.3 is 0 Å². The van der Waals surface area contributed by atoms with Gasteiger partial charge in [0, 0.05) is 6.04 Å². The smallest absolute Gasteiger partial charge is 0.00781 e. The summed E-state index contributed by atoms with van der Waals surface area (Å²) in [6.07, 6.45) is 6.49. The minimum Gasteiger partial charge on any atom is -0.327 e. The molecule has 98 valence electrons. The summed E-state index contributed by atoms with van der Waals surface area (Å²) >= 11 is 0. The average Bonchev–Trinajstić information content (AvgIpc) is 2.66. The fourth-order valence-corrected chi connectivity index (χ4v) is 4.21. The summed E-state index contributed by atoms with van der Waals surface area (Å²) in [7, 11) is 0. The molecule has 0 saturated heterocycles. The van der Waals surface area contributed by atoms with Crippen molar-refractivity contribution in [3.63, 3.8) is 0 Å². The lowest BCUT2D eigenvalue weighted by atomic mass is 9.70. The van der Waals surface area contributed by atoms with Crippen molar-refractivity contribution in [2.75, 3.05) is 0 Å². The molecule has 1 heteroatoms. The van der Waals surface area contributed by atoms with E-state index in [1.807, 2.05) is 0 Å². The lowest BCUT2D eigenvalue weighted by Gasteiger charge is -2.37. The monoisotopic (exact) mass is 243 g/mol. The van der Waals surface area contributed by atoms with Gasteiger partial charge in [0.1, 0.15) is 0 Å². The SMILES string of the molecule is CC1(C)CCCC1C(N)CC1Cc2ccccc21. The average molecular weight is 243 g/mol. The van der Waals surface area contributed by atoms with E-state index in [0.717, 1.165) is 11.8 Å². The minimum atomic E-state index is 0.390. The maximum atomic E-state index is 6.52. The first-order chi connectivity index (χ1) is 8.58. The Morgan fingerprint density at radius 1 is 1.33 bits per heavy atom. The highest BCUT2D eigenvalue weighted by atomic mass is 14.7. The largest absolute Gasteiger partial charge is 0.327 e. The van der Waals surface area contributed by atoms with Crippen molar-refractivity contribution in [3.8, 4) is 0 Å². The van der Waals surface area contributed by atoms with E-state index >= 15 is 0 Å². The van der Waals surface area contributed by atoms with Crippen LogP contribution in [0, 0.1) is 11.3 Å². The van der Waals surface area contributed by atoms with Crippen molar-refractivity contribution in [2.45, 2.75) is 57.9 Å². The van der Waals surface area contributed by atoms with Crippen molar-refractivity contribution >= 4 is 0 Å². The first kappa shape index (κ1) is 12.2. The summed E-state index contributed by atoms with van der Waals surface area (Å²) < 4.78 is 0. The maximum absolute atomic E-state index is 6.52. The number of hydrogen-bond acceptors (Lipinski definition) is 1. The number of fused-ring (bicyclic) bond motifs is 1. The van der Waals surface area contributed by atoms with Crippen LogP contribution >= 0.6 is 0 Å². The summed E-state index contributed by atoms with van der Waals surface area (Å²) in [6, 6.07) is 9.25. The van der Waals surface area contributed by atoms with Gasteiger partial charge in [0.2, 0.25) is 0 Å². The Hall–Kier alpha value is -0.820. The molecule has 1 aromatic carbocycles. The predicted molar refractivity (Wildman–Crippen MR) is 76.6 cm³/mol. The second-order valence-electron chi connectivity index (χ2n) is 6.99. The summed E-state index contributed by atoms with van der Waals surface area (Å²) in [5.74, 6) is 1.46. The lowest BCUT2D eigenvalue weighted by molar-refractivity contribution is 0.206. The second-order valence-corrected chi connectivity index (χ2v) is 6.99. The van der Waals surface area contributed by atoms with E-state index in [-0.39, 0.29) is 0 Å². The zero-order valence-electron chi connectivity index (χ0n) is 11.7. The van der Waals surface area contributed by atoms with Crippen LogP contribution in [0.15, 0.2) is 24.3 Å². The van der Waals surface area contributed by atoms with Crippen LogP contribution in [0.5, 0.6) is 0 Å². The summed E-state index contributed by atoms with van der Waals surface area (Å²) in [6.45, 7) is 4.80. The van der Waals surface area contributed by atoms with Gasteiger partial charge in [0.15, 0.2) is 0 Å². The predicted octanol–water partition coefficient (Wildman–Crippen LogP) is 3.87. The molecule has 0 aliphatic heterocycles. The summed E-state index contributed by atoms with van der Waals surface area (Å²) in [5, 5.41) is 0. The van der Waals surface area contributed by atoms with E-state index in [9.17, 15) is 0 Å². The summed E-state index contributed by atoms with van der Waals surface area (Å²) in [5.41, 5.74) is 10.1. The molecular formula is C17H25N. The maximum Gasteiger partial charge on any atom is 0.00781 e. The number of hydrogen-bond donors (Lipinski definition) is 1. The van der Waals surface area contributed by atoms with Gasteiger partial charge in [-0.25, -0.2) is 0 Å². The first-order valence-corrected chi connectivity index (χ1v) is 7.41. The molecule has 2 aliphatic rings. The molecule has 1 saturated carbocycles. The third kappa shape index (κ3) is 1.99. The van der Waals surface area contributed by atoms with Crippen molar-refractivity contribution < 1.29 is 0 Å². The van der Waals surface area contributed by atoms with Gasteiger partial charge in [-0.3, -0.25) is 0 Å². The molecule has 0 radical (unpaired) electrons. The Morgan fingerprint density at radius 2 is 2.11 bits per heavy atom. The van der Waals surface area contributed by atoms with Crippen LogP contribution in [0.25, 0.3) is 0 Å². The molecule has 0 amide bonds. The van der Waals surface area contributed by atoms with E-state index in [4.69, 9.17) is 5.73 Å². The Kier molecular flexibility index (Phi) is 2.97. The molecule has 2 aliphatic carbocycles. The van der Waals surface area contributed by atoms with Crippen LogP contribution in [-0.2, 0) is 6.42 Å². The molecule has 18 heavy (non-hydrogen) atoms. The first-order valence-electron chi connectivity index (χ1n) is 7.41. The number of rotatable bonds is 3. The Balaban J connectivity index is 1.65. The van der Waals surface area contributed by atoms with Gasteiger partial charge in [-0.1, -0.05) is 44.5 Å². The molecule has 1 fully saturated rings. The second kappa shape index (κ2) is 4.38. The normalized spacial score (nSPS) is 30.6. The molecule has 3 unspecified atom stereocenters. The van der Waals surface area contributed by atoms with E-state index in [2.05, 4.69) is 38.1 Å². The van der Waals surface area contributed by atoms with E-state index < -0.39 is 0 Å². The fraction of sp³-hybridized carbons (Fsp3) is 0.647. The Labute approximate surface area is 111 Å². The molecule has 0 aromatic heterocycles. The van der Waals surface area contributed by atoms with Crippen LogP contribution in [0.1, 0.15) is 56.6 Å². The molecule has 2 N–H and O–H groups in total. The van der Waals surface area contributed by atoms with Gasteiger partial charge in [0.05, 0.1) is 0 Å². The molecule has 0 bridgehead atoms. The molecule has 3 rings (SSSR count). The van der Waals surface area contributed by atoms with Gasteiger partial charge in [-0.05, 0) is 54.1 Å². The van der Waals surface area contributed by atoms with Crippen LogP contribution in [0.2, 0.25) is 0 Å². The molecule has 1 aromatic rings. The molecule has 0 spiro atoms. The third-order valence-corrected chi connectivity index (χ3v) is 5.37. The van der Waals surface area contributed by atoms with Gasteiger partial charge in [-0.15, -0.1) is 0 Å². The van der Waals surface area contributed by atoms with Gasteiger partial charge in [0.25, 0.3) is 0 Å². The van der Waals surface area contributed by atoms with Crippen LogP contribution in [0.3, 0.4) is 0 Å². The third-order valence-electron chi connectivity index (χ3n) is 5.37. The fourth-order valence-electron chi connectivity index (χ4n) is 4.21. The highest BCUT2D eigenvalue weighted by Crippen LogP contribution is 2.47. The van der Waals surface area contributed by atoms with Crippen molar-refractivity contribution in [2.24, 2.45) is 17.1 Å². The van der Waals surface area contributed by atoms with Crippen molar-refractivity contribution in [1.29, 1.82) is 0 Å². The Morgan fingerprint density at radius 3 is 2.78 bits per heavy atom. The minimum absolute atomic E-state index is 0.390. The van der Waals surface area contributed by atoms with Crippen LogP contribution in [0.4, 0.5) is 0 Å². The van der Waals surface area contributed by atoms with E-state index in [1.54, 1.807) is 11.1 Å². The number of benzene rings is 1. The Bertz CT molecular complexity index is 435. The van der Waals surface area contributed by atoms with E-state index in [0.29, 0.717) is 11.5 Å². The van der Waals surface area contributed by atoms with Crippen LogP contribution < -0.4 is 5.73 Å². The van der Waals surface area contributed by atoms with Gasteiger partial charge in [-0.2, -0.15) is 0 Å². The van der Waals surface area contributed by atoms with Crippen molar-refractivity contribution in [1.82, 2.24) is 0 Å². The lowest BCUT2D eigenvalue weighted by Crippen LogP contribution is -2.39. The topological polar surface area (TPSA) is 26.0 Å². The summed E-state index contributed by atoms with van der Waals surface area (Å²) in [4.78, 5) is 0. The highest BCUT2D eigenvalue weighted by Gasteiger charge is 2.39. The molecule has 1 nitrogen and oxygen atoms in total. The standard InChI is InChI=1S/C17H25N/c1-17(2)9-5-8-15(17)16(18)11-13-10-12-6-3-4-7-14(12)13/h3-4,6-7,13,15-16H,5,8-11,18H2,1-2H3.